The minimum Gasteiger partial charge on any atom is -0.465 e. The van der Waals surface area contributed by atoms with Gasteiger partial charge in [-0.2, -0.15) is 0 Å². The third kappa shape index (κ3) is 2.41. The Morgan fingerprint density at radius 1 is 1.38 bits per heavy atom. The van der Waals surface area contributed by atoms with Gasteiger partial charge in [-0.15, -0.1) is 0 Å². The number of methoxy groups -OCH3 is 1. The first kappa shape index (κ1) is 17.0. The van der Waals surface area contributed by atoms with Crippen LogP contribution in [0.4, 0.5) is 0 Å². The van der Waals surface area contributed by atoms with Crippen molar-refractivity contribution in [2.45, 2.75) is 45.6 Å². The number of halogens is 1. The molecule has 26 heavy (non-hydrogen) atoms. The largest absolute Gasteiger partial charge is 0.465 e. The van der Waals surface area contributed by atoms with Gasteiger partial charge in [-0.3, -0.25) is 0 Å². The van der Waals surface area contributed by atoms with E-state index in [4.69, 9.17) is 20.9 Å². The molecule has 3 aromatic heterocycles. The predicted octanol–water partition coefficient (Wildman–Crippen LogP) is 4.29. The van der Waals surface area contributed by atoms with Crippen molar-refractivity contribution in [1.82, 2.24) is 19.7 Å². The molecule has 1 aliphatic carbocycles. The van der Waals surface area contributed by atoms with Crippen LogP contribution in [0.2, 0.25) is 5.15 Å². The highest BCUT2D eigenvalue weighted by atomic mass is 35.5. The Morgan fingerprint density at radius 2 is 2.12 bits per heavy atom. The Balaban J connectivity index is 2.07. The maximum atomic E-state index is 12.5. The lowest BCUT2D eigenvalue weighted by molar-refractivity contribution is 0.0599. The molecule has 8 heteroatoms. The van der Waals surface area contributed by atoms with Gasteiger partial charge in [0.2, 0.25) is 0 Å². The maximum absolute atomic E-state index is 12.5. The third-order valence-electron chi connectivity index (χ3n) is 4.79. The van der Waals surface area contributed by atoms with Crippen molar-refractivity contribution < 1.29 is 14.1 Å². The minimum absolute atomic E-state index is 0.147. The molecular weight excluding hydrogens is 356 g/mol. The van der Waals surface area contributed by atoms with Crippen LogP contribution in [0.5, 0.6) is 0 Å². The lowest BCUT2D eigenvalue weighted by Gasteiger charge is -2.11. The van der Waals surface area contributed by atoms with Crippen molar-refractivity contribution >= 4 is 28.6 Å². The molecule has 0 N–H and O–H groups in total. The fraction of sp³-hybridized carbons (Fsp3) is 0.444. The zero-order valence-electron chi connectivity index (χ0n) is 15.0. The summed E-state index contributed by atoms with van der Waals surface area (Å²) in [5.74, 6) is 0.349. The van der Waals surface area contributed by atoms with Crippen molar-refractivity contribution in [3.8, 4) is 11.3 Å². The van der Waals surface area contributed by atoms with Crippen molar-refractivity contribution in [3.05, 3.63) is 28.5 Å². The molecule has 1 saturated carbocycles. The molecule has 3 heterocycles. The average Bonchev–Trinajstić information content (AvgIpc) is 3.28. The standard InChI is InChI=1S/C18H19ClN4O3/c1-8(2)23-9(3)11(12-16(19)20-7-21-17(12)23)14-13(18(24)25-4)15(26-22-14)10-5-6-10/h7-8,10H,5-6H2,1-4H3. The summed E-state index contributed by atoms with van der Waals surface area (Å²) in [7, 11) is 1.36. The van der Waals surface area contributed by atoms with Gasteiger partial charge in [0.1, 0.15) is 28.4 Å². The van der Waals surface area contributed by atoms with E-state index >= 15 is 0 Å². The fourth-order valence-corrected chi connectivity index (χ4v) is 3.75. The number of carbonyl (C=O) groups is 1. The summed E-state index contributed by atoms with van der Waals surface area (Å²) in [6, 6.07) is 0.147. The monoisotopic (exact) mass is 374 g/mol. The van der Waals surface area contributed by atoms with Crippen LogP contribution in [-0.2, 0) is 4.74 Å². The van der Waals surface area contributed by atoms with E-state index < -0.39 is 5.97 Å². The number of hydrogen-bond donors (Lipinski definition) is 0. The van der Waals surface area contributed by atoms with Crippen LogP contribution in [0.1, 0.15) is 60.5 Å². The molecular formula is C18H19ClN4O3. The van der Waals surface area contributed by atoms with Crippen LogP contribution >= 0.6 is 11.6 Å². The topological polar surface area (TPSA) is 83.0 Å². The van der Waals surface area contributed by atoms with Crippen LogP contribution in [0, 0.1) is 6.92 Å². The van der Waals surface area contributed by atoms with E-state index in [1.54, 1.807) is 0 Å². The molecule has 0 saturated heterocycles. The molecule has 0 unspecified atom stereocenters. The number of ether oxygens (including phenoxy) is 1. The van der Waals surface area contributed by atoms with E-state index in [2.05, 4.69) is 33.5 Å². The van der Waals surface area contributed by atoms with Gasteiger partial charge >= 0.3 is 5.97 Å². The summed E-state index contributed by atoms with van der Waals surface area (Å²) in [4.78, 5) is 21.0. The first-order valence-corrected chi connectivity index (χ1v) is 8.92. The van der Waals surface area contributed by atoms with Gasteiger partial charge in [0.15, 0.2) is 5.76 Å². The van der Waals surface area contributed by atoms with E-state index in [1.165, 1.54) is 13.4 Å². The Kier molecular flexibility index (Phi) is 3.99. The first-order chi connectivity index (χ1) is 12.5. The fourth-order valence-electron chi connectivity index (χ4n) is 3.53. The highest BCUT2D eigenvalue weighted by molar-refractivity contribution is 6.35. The van der Waals surface area contributed by atoms with Gasteiger partial charge < -0.3 is 13.8 Å². The Hall–Kier alpha value is -2.41. The average molecular weight is 375 g/mol. The minimum atomic E-state index is -0.457. The summed E-state index contributed by atoms with van der Waals surface area (Å²) in [5.41, 5.74) is 3.14. The predicted molar refractivity (Wildman–Crippen MR) is 96.5 cm³/mol. The molecule has 1 aliphatic rings. The SMILES string of the molecule is COC(=O)c1c(-c2c(C)n(C(C)C)c3ncnc(Cl)c23)noc1C1CC1. The third-order valence-corrected chi connectivity index (χ3v) is 5.08. The van der Waals surface area contributed by atoms with Gasteiger partial charge in [0, 0.05) is 23.2 Å². The molecule has 0 aliphatic heterocycles. The van der Waals surface area contributed by atoms with E-state index in [9.17, 15) is 4.79 Å². The molecule has 4 rings (SSSR count). The van der Waals surface area contributed by atoms with Crippen LogP contribution in [-0.4, -0.2) is 32.8 Å². The van der Waals surface area contributed by atoms with Crippen LogP contribution in [0.25, 0.3) is 22.3 Å². The quantitative estimate of drug-likeness (QED) is 0.500. The lowest BCUT2D eigenvalue weighted by Crippen LogP contribution is -2.06. The summed E-state index contributed by atoms with van der Waals surface area (Å²) >= 11 is 6.41. The number of aromatic nitrogens is 4. The molecule has 1 fully saturated rings. The number of hydrogen-bond acceptors (Lipinski definition) is 6. The van der Waals surface area contributed by atoms with Crippen molar-refractivity contribution in [3.63, 3.8) is 0 Å². The van der Waals surface area contributed by atoms with Gasteiger partial charge in [-0.1, -0.05) is 16.8 Å². The molecule has 0 spiro atoms. The summed E-state index contributed by atoms with van der Waals surface area (Å²) < 4.78 is 12.6. The second-order valence-corrected chi connectivity index (χ2v) is 7.18. The van der Waals surface area contributed by atoms with E-state index in [0.717, 1.165) is 24.1 Å². The molecule has 136 valence electrons. The maximum Gasteiger partial charge on any atom is 0.343 e. The Labute approximate surface area is 155 Å². The number of esters is 1. The smallest absolute Gasteiger partial charge is 0.343 e. The van der Waals surface area contributed by atoms with Gasteiger partial charge in [0.05, 0.1) is 12.5 Å². The number of rotatable bonds is 4. The molecule has 0 aromatic carbocycles. The van der Waals surface area contributed by atoms with Crippen LogP contribution < -0.4 is 0 Å². The van der Waals surface area contributed by atoms with Crippen LogP contribution in [0.15, 0.2) is 10.9 Å². The van der Waals surface area contributed by atoms with E-state index in [0.29, 0.717) is 33.2 Å². The number of fused-ring (bicyclic) bond motifs is 1. The molecule has 0 amide bonds. The molecule has 0 bridgehead atoms. The molecule has 7 nitrogen and oxygen atoms in total. The van der Waals surface area contributed by atoms with Gasteiger partial charge in [0.25, 0.3) is 0 Å². The highest BCUT2D eigenvalue weighted by Crippen LogP contribution is 2.46. The lowest BCUT2D eigenvalue weighted by atomic mass is 10.0. The summed E-state index contributed by atoms with van der Waals surface area (Å²) in [6.07, 6.45) is 3.40. The van der Waals surface area contributed by atoms with Crippen LogP contribution in [0.3, 0.4) is 0 Å². The number of nitrogens with zero attached hydrogens (tertiary/aromatic N) is 4. The highest BCUT2D eigenvalue weighted by Gasteiger charge is 2.37. The molecule has 3 aromatic rings. The summed E-state index contributed by atoms with van der Waals surface area (Å²) in [5, 5.41) is 5.22. The Morgan fingerprint density at radius 3 is 2.73 bits per heavy atom. The molecule has 0 radical (unpaired) electrons. The zero-order valence-corrected chi connectivity index (χ0v) is 15.8. The first-order valence-electron chi connectivity index (χ1n) is 8.54. The van der Waals surface area contributed by atoms with Crippen molar-refractivity contribution in [2.75, 3.05) is 7.11 Å². The van der Waals surface area contributed by atoms with E-state index in [1.807, 2.05) is 6.92 Å². The number of carbonyl (C=O) groups excluding carboxylic acids is 1. The van der Waals surface area contributed by atoms with Crippen molar-refractivity contribution in [2.24, 2.45) is 0 Å². The Bertz CT molecular complexity index is 1020. The van der Waals surface area contributed by atoms with Crippen molar-refractivity contribution in [1.29, 1.82) is 0 Å². The van der Waals surface area contributed by atoms with Gasteiger partial charge in [-0.25, -0.2) is 14.8 Å². The second-order valence-electron chi connectivity index (χ2n) is 6.82. The van der Waals surface area contributed by atoms with E-state index in [-0.39, 0.29) is 12.0 Å². The summed E-state index contributed by atoms with van der Waals surface area (Å²) in [6.45, 7) is 6.08. The zero-order chi connectivity index (χ0) is 18.6. The van der Waals surface area contributed by atoms with Gasteiger partial charge in [-0.05, 0) is 33.6 Å². The normalized spacial score (nSPS) is 14.4. The molecule has 0 atom stereocenters. The second kappa shape index (κ2) is 6.09.